The van der Waals surface area contributed by atoms with E-state index >= 15 is 0 Å². The molecule has 1 aliphatic rings. The topological polar surface area (TPSA) is 85.9 Å². The molecule has 0 saturated carbocycles. The molecule has 2 rings (SSSR count). The molecule has 2 N–H and O–H groups in total. The monoisotopic (exact) mass is 308 g/mol. The minimum Gasteiger partial charge on any atom is -0.454 e. The number of amides is 2. The molecule has 0 saturated heterocycles. The van der Waals surface area contributed by atoms with Gasteiger partial charge < -0.3 is 24.8 Å². The summed E-state index contributed by atoms with van der Waals surface area (Å²) in [5.41, 5.74) is 0.479. The second kappa shape index (κ2) is 7.65. The number of fused-ring (bicyclic) bond motifs is 1. The Labute approximate surface area is 128 Å². The first-order valence-electron chi connectivity index (χ1n) is 7.16. The Balaban J connectivity index is 1.73. The Bertz CT molecular complexity index is 545. The summed E-state index contributed by atoms with van der Waals surface area (Å²) in [6, 6.07) is 4.94. The highest BCUT2D eigenvalue weighted by atomic mass is 16.7. The van der Waals surface area contributed by atoms with Crippen molar-refractivity contribution >= 4 is 17.5 Å². The molecular weight excluding hydrogens is 288 g/mol. The first-order valence-corrected chi connectivity index (χ1v) is 7.16. The molecule has 0 bridgehead atoms. The second-order valence-corrected chi connectivity index (χ2v) is 5.05. The molecule has 0 fully saturated rings. The molecule has 120 valence electrons. The van der Waals surface area contributed by atoms with E-state index in [0.717, 1.165) is 0 Å². The zero-order valence-electron chi connectivity index (χ0n) is 12.7. The molecule has 0 unspecified atom stereocenters. The van der Waals surface area contributed by atoms with E-state index in [1.165, 1.54) is 0 Å². The van der Waals surface area contributed by atoms with Crippen LogP contribution in [0.25, 0.3) is 0 Å². The summed E-state index contributed by atoms with van der Waals surface area (Å²) in [5.74, 6) is -0.234. The molecule has 2 amide bonds. The fraction of sp³-hybridized carbons (Fsp3) is 0.467. The average molecular weight is 308 g/mol. The minimum absolute atomic E-state index is 0.157. The number of hydrogen-bond donors (Lipinski definition) is 2. The molecule has 1 aliphatic heterocycles. The number of carbonyl (C=O) groups excluding carboxylic acids is 2. The van der Waals surface area contributed by atoms with Crippen LogP contribution in [0.4, 0.5) is 5.69 Å². The first-order chi connectivity index (χ1) is 10.6. The molecule has 0 atom stereocenters. The van der Waals surface area contributed by atoms with Crippen molar-refractivity contribution in [1.82, 2.24) is 5.32 Å². The highest BCUT2D eigenvalue weighted by Gasteiger charge is 2.17. The maximum absolute atomic E-state index is 11.8. The van der Waals surface area contributed by atoms with E-state index in [1.807, 2.05) is 13.8 Å². The van der Waals surface area contributed by atoms with Gasteiger partial charge in [-0.05, 0) is 32.4 Å². The van der Waals surface area contributed by atoms with E-state index in [0.29, 0.717) is 36.8 Å². The zero-order valence-corrected chi connectivity index (χ0v) is 12.7. The SMILES string of the molecule is CC(C)OCCCNC(=O)C(=O)Nc1ccc2c(c1)OCO2. The Morgan fingerprint density at radius 2 is 2.00 bits per heavy atom. The standard InChI is InChI=1S/C15H20N2O5/c1-10(2)20-7-3-6-16-14(18)15(19)17-11-4-5-12-13(8-11)22-9-21-12/h4-5,8,10H,3,6-7,9H2,1-2H3,(H,16,18)(H,17,19). The Morgan fingerprint density at radius 3 is 2.77 bits per heavy atom. The molecule has 7 nitrogen and oxygen atoms in total. The van der Waals surface area contributed by atoms with Crippen LogP contribution in [0.1, 0.15) is 20.3 Å². The van der Waals surface area contributed by atoms with Crippen molar-refractivity contribution in [2.75, 3.05) is 25.3 Å². The van der Waals surface area contributed by atoms with Gasteiger partial charge in [0.15, 0.2) is 11.5 Å². The van der Waals surface area contributed by atoms with Gasteiger partial charge in [-0.2, -0.15) is 0 Å². The maximum Gasteiger partial charge on any atom is 0.313 e. The number of carbonyl (C=O) groups is 2. The van der Waals surface area contributed by atoms with Crippen molar-refractivity contribution in [3.05, 3.63) is 18.2 Å². The minimum atomic E-state index is -0.719. The van der Waals surface area contributed by atoms with Gasteiger partial charge in [0.1, 0.15) is 0 Å². The lowest BCUT2D eigenvalue weighted by Gasteiger charge is -2.09. The number of hydrogen-bond acceptors (Lipinski definition) is 5. The summed E-state index contributed by atoms with van der Waals surface area (Å²) in [4.78, 5) is 23.4. The highest BCUT2D eigenvalue weighted by Crippen LogP contribution is 2.34. The van der Waals surface area contributed by atoms with Gasteiger partial charge in [-0.3, -0.25) is 9.59 Å². The van der Waals surface area contributed by atoms with Crippen LogP contribution in [0.3, 0.4) is 0 Å². The van der Waals surface area contributed by atoms with Crippen molar-refractivity contribution in [1.29, 1.82) is 0 Å². The molecule has 0 radical (unpaired) electrons. The average Bonchev–Trinajstić information content (AvgIpc) is 2.93. The van der Waals surface area contributed by atoms with Crippen LogP contribution >= 0.6 is 0 Å². The normalized spacial score (nSPS) is 12.3. The van der Waals surface area contributed by atoms with Crippen molar-refractivity contribution in [2.24, 2.45) is 0 Å². The predicted molar refractivity (Wildman–Crippen MR) is 79.9 cm³/mol. The third-order valence-electron chi connectivity index (χ3n) is 2.89. The van der Waals surface area contributed by atoms with Crippen molar-refractivity contribution < 1.29 is 23.8 Å². The van der Waals surface area contributed by atoms with Gasteiger partial charge in [0.25, 0.3) is 0 Å². The van der Waals surface area contributed by atoms with Gasteiger partial charge in [0.05, 0.1) is 6.10 Å². The van der Waals surface area contributed by atoms with E-state index in [2.05, 4.69) is 10.6 Å². The Morgan fingerprint density at radius 1 is 1.23 bits per heavy atom. The second-order valence-electron chi connectivity index (χ2n) is 5.05. The number of rotatable bonds is 6. The number of benzene rings is 1. The van der Waals surface area contributed by atoms with Crippen molar-refractivity contribution in [3.63, 3.8) is 0 Å². The van der Waals surface area contributed by atoms with E-state index in [1.54, 1.807) is 18.2 Å². The van der Waals surface area contributed by atoms with Gasteiger partial charge in [-0.25, -0.2) is 0 Å². The van der Waals surface area contributed by atoms with Gasteiger partial charge in [0, 0.05) is 24.9 Å². The number of nitrogens with one attached hydrogen (secondary N) is 2. The van der Waals surface area contributed by atoms with Crippen molar-refractivity contribution in [2.45, 2.75) is 26.4 Å². The molecule has 1 heterocycles. The van der Waals surface area contributed by atoms with Crippen LogP contribution < -0.4 is 20.1 Å². The van der Waals surface area contributed by atoms with E-state index in [9.17, 15) is 9.59 Å². The van der Waals surface area contributed by atoms with Crippen LogP contribution in [0, 0.1) is 0 Å². The molecule has 1 aromatic rings. The molecule has 22 heavy (non-hydrogen) atoms. The summed E-state index contributed by atoms with van der Waals surface area (Å²) in [5, 5.41) is 5.05. The smallest absolute Gasteiger partial charge is 0.313 e. The largest absolute Gasteiger partial charge is 0.454 e. The van der Waals surface area contributed by atoms with Crippen LogP contribution in [-0.4, -0.2) is 37.9 Å². The maximum atomic E-state index is 11.8. The molecule has 1 aromatic carbocycles. The summed E-state index contributed by atoms with van der Waals surface area (Å²) in [6.45, 7) is 4.97. The molecule has 7 heteroatoms. The number of ether oxygens (including phenoxy) is 3. The van der Waals surface area contributed by atoms with Gasteiger partial charge in [-0.15, -0.1) is 0 Å². The van der Waals surface area contributed by atoms with Gasteiger partial charge in [-0.1, -0.05) is 0 Å². The van der Waals surface area contributed by atoms with E-state index in [4.69, 9.17) is 14.2 Å². The van der Waals surface area contributed by atoms with Crippen molar-refractivity contribution in [3.8, 4) is 11.5 Å². The van der Waals surface area contributed by atoms with Crippen LogP contribution in [0.15, 0.2) is 18.2 Å². The third-order valence-corrected chi connectivity index (χ3v) is 2.89. The first kappa shape index (κ1) is 16.1. The summed E-state index contributed by atoms with van der Waals surface area (Å²) in [6.07, 6.45) is 0.811. The quantitative estimate of drug-likeness (QED) is 0.611. The molecule has 0 aromatic heterocycles. The van der Waals surface area contributed by atoms with Gasteiger partial charge in [0.2, 0.25) is 6.79 Å². The van der Waals surface area contributed by atoms with E-state index < -0.39 is 11.8 Å². The Kier molecular flexibility index (Phi) is 5.60. The van der Waals surface area contributed by atoms with Gasteiger partial charge >= 0.3 is 11.8 Å². The van der Waals surface area contributed by atoms with Crippen LogP contribution in [0.5, 0.6) is 11.5 Å². The lowest BCUT2D eigenvalue weighted by atomic mass is 10.2. The van der Waals surface area contributed by atoms with Crippen LogP contribution in [-0.2, 0) is 14.3 Å². The lowest BCUT2D eigenvalue weighted by molar-refractivity contribution is -0.136. The molecule has 0 aliphatic carbocycles. The van der Waals surface area contributed by atoms with E-state index in [-0.39, 0.29) is 12.9 Å². The van der Waals surface area contributed by atoms with Crippen LogP contribution in [0.2, 0.25) is 0 Å². The Hall–Kier alpha value is -2.28. The summed E-state index contributed by atoms with van der Waals surface area (Å²) < 4.78 is 15.7. The number of anilines is 1. The molecular formula is C15H20N2O5. The third kappa shape index (κ3) is 4.63. The summed E-state index contributed by atoms with van der Waals surface area (Å²) in [7, 11) is 0. The highest BCUT2D eigenvalue weighted by molar-refractivity contribution is 6.39. The molecule has 0 spiro atoms. The summed E-state index contributed by atoms with van der Waals surface area (Å²) >= 11 is 0. The lowest BCUT2D eigenvalue weighted by Crippen LogP contribution is -2.36. The zero-order chi connectivity index (χ0) is 15.9. The predicted octanol–water partition coefficient (Wildman–Crippen LogP) is 1.29. The fourth-order valence-electron chi connectivity index (χ4n) is 1.84. The fourth-order valence-corrected chi connectivity index (χ4v) is 1.84.